The molecule has 3 rings (SSSR count). The molecule has 1 aromatic carbocycles. The lowest BCUT2D eigenvalue weighted by molar-refractivity contribution is 0.686. The predicted molar refractivity (Wildman–Crippen MR) is 81.3 cm³/mol. The maximum absolute atomic E-state index is 6.28. The summed E-state index contributed by atoms with van der Waals surface area (Å²) < 4.78 is 0. The topological polar surface area (TPSA) is 51.8 Å². The summed E-state index contributed by atoms with van der Waals surface area (Å²) >= 11 is 0. The number of benzene rings is 1. The molecule has 3 nitrogen and oxygen atoms in total. The number of aryl methyl sites for hydroxylation is 1. The minimum atomic E-state index is -0.131. The molecule has 0 saturated carbocycles. The quantitative estimate of drug-likeness (QED) is 0.789. The highest BCUT2D eigenvalue weighted by atomic mass is 14.8. The van der Waals surface area contributed by atoms with Crippen molar-refractivity contribution in [1.82, 2.24) is 9.97 Å². The first kappa shape index (κ1) is 12.8. The van der Waals surface area contributed by atoms with Crippen LogP contribution in [0.5, 0.6) is 0 Å². The maximum Gasteiger partial charge on any atom is 0.0708 e. The molecule has 0 aliphatic heterocycles. The fourth-order valence-corrected chi connectivity index (χ4v) is 2.41. The molecule has 3 heteroatoms. The Morgan fingerprint density at radius 3 is 2.70 bits per heavy atom. The van der Waals surface area contributed by atoms with Crippen molar-refractivity contribution in [2.45, 2.75) is 19.4 Å². The molecule has 2 heterocycles. The van der Waals surface area contributed by atoms with Crippen molar-refractivity contribution in [1.29, 1.82) is 0 Å². The Balaban J connectivity index is 1.93. The van der Waals surface area contributed by atoms with Gasteiger partial charge in [-0.2, -0.15) is 0 Å². The maximum atomic E-state index is 6.28. The summed E-state index contributed by atoms with van der Waals surface area (Å²) in [5, 5.41) is 1.18. The summed E-state index contributed by atoms with van der Waals surface area (Å²) in [5.41, 5.74) is 10.4. The summed E-state index contributed by atoms with van der Waals surface area (Å²) in [6, 6.07) is 16.0. The largest absolute Gasteiger partial charge is 0.322 e. The van der Waals surface area contributed by atoms with Crippen molar-refractivity contribution in [3.63, 3.8) is 0 Å². The second-order valence-corrected chi connectivity index (χ2v) is 5.01. The molecule has 100 valence electrons. The van der Waals surface area contributed by atoms with Crippen molar-refractivity contribution in [3.05, 3.63) is 71.7 Å². The average Bonchev–Trinajstić information content (AvgIpc) is 2.48. The van der Waals surface area contributed by atoms with Crippen LogP contribution < -0.4 is 5.73 Å². The van der Waals surface area contributed by atoms with E-state index in [0.717, 1.165) is 16.9 Å². The zero-order valence-corrected chi connectivity index (χ0v) is 11.5. The van der Waals surface area contributed by atoms with Crippen LogP contribution in [0.15, 0.2) is 54.7 Å². The number of nitrogens with zero attached hydrogens (tertiary/aromatic N) is 2. The van der Waals surface area contributed by atoms with Crippen LogP contribution in [0.1, 0.15) is 23.0 Å². The van der Waals surface area contributed by atoms with Crippen LogP contribution in [-0.2, 0) is 6.42 Å². The van der Waals surface area contributed by atoms with Crippen molar-refractivity contribution in [3.8, 4) is 0 Å². The van der Waals surface area contributed by atoms with Gasteiger partial charge in [0.1, 0.15) is 0 Å². The predicted octanol–water partition coefficient (Wildman–Crippen LogP) is 3.18. The van der Waals surface area contributed by atoms with Gasteiger partial charge in [0.05, 0.1) is 17.3 Å². The van der Waals surface area contributed by atoms with Crippen molar-refractivity contribution < 1.29 is 0 Å². The van der Waals surface area contributed by atoms with Gasteiger partial charge in [-0.3, -0.25) is 9.97 Å². The van der Waals surface area contributed by atoms with Crippen LogP contribution >= 0.6 is 0 Å². The normalized spacial score (nSPS) is 12.5. The fourth-order valence-electron chi connectivity index (χ4n) is 2.41. The molecule has 0 aliphatic rings. The number of fused-ring (bicyclic) bond motifs is 1. The Morgan fingerprint density at radius 1 is 1.10 bits per heavy atom. The molecule has 2 aromatic heterocycles. The molecule has 2 N–H and O–H groups in total. The van der Waals surface area contributed by atoms with Gasteiger partial charge in [-0.15, -0.1) is 0 Å². The van der Waals surface area contributed by atoms with Crippen LogP contribution in [0.25, 0.3) is 10.9 Å². The van der Waals surface area contributed by atoms with E-state index in [1.54, 1.807) is 6.20 Å². The van der Waals surface area contributed by atoms with Gasteiger partial charge in [-0.05, 0) is 36.8 Å². The molecule has 0 saturated heterocycles. The highest BCUT2D eigenvalue weighted by molar-refractivity contribution is 5.82. The first-order valence-electron chi connectivity index (χ1n) is 6.76. The van der Waals surface area contributed by atoms with E-state index < -0.39 is 0 Å². The Bertz CT molecular complexity index is 723. The third-order valence-corrected chi connectivity index (χ3v) is 3.48. The lowest BCUT2D eigenvalue weighted by Gasteiger charge is -2.13. The van der Waals surface area contributed by atoms with Crippen molar-refractivity contribution in [2.75, 3.05) is 0 Å². The first-order chi connectivity index (χ1) is 9.74. The summed E-state index contributed by atoms with van der Waals surface area (Å²) in [5.74, 6) is 0. The molecule has 0 amide bonds. The van der Waals surface area contributed by atoms with E-state index in [1.807, 2.05) is 36.4 Å². The second kappa shape index (κ2) is 5.39. The Morgan fingerprint density at radius 2 is 1.90 bits per heavy atom. The van der Waals surface area contributed by atoms with Gasteiger partial charge in [0.15, 0.2) is 0 Å². The lowest BCUT2D eigenvalue weighted by Crippen LogP contribution is -2.16. The van der Waals surface area contributed by atoms with E-state index in [9.17, 15) is 0 Å². The van der Waals surface area contributed by atoms with Gasteiger partial charge < -0.3 is 5.73 Å². The number of aromatic nitrogens is 2. The molecule has 20 heavy (non-hydrogen) atoms. The lowest BCUT2D eigenvalue weighted by atomic mass is 10.0. The van der Waals surface area contributed by atoms with Crippen LogP contribution in [0.4, 0.5) is 0 Å². The standard InChI is InChI=1S/C17H17N3/c1-12-10-17(20-16-8-3-2-7-14(12)16)15(18)11-13-6-4-5-9-19-13/h2-10,15H,11,18H2,1H3. The van der Waals surface area contributed by atoms with Crippen LogP contribution in [0.2, 0.25) is 0 Å². The van der Waals surface area contributed by atoms with Crippen LogP contribution in [0, 0.1) is 6.92 Å². The first-order valence-corrected chi connectivity index (χ1v) is 6.76. The smallest absolute Gasteiger partial charge is 0.0708 e. The van der Waals surface area contributed by atoms with Crippen LogP contribution in [-0.4, -0.2) is 9.97 Å². The number of hydrogen-bond donors (Lipinski definition) is 1. The number of pyridine rings is 2. The molecule has 0 fully saturated rings. The molecule has 0 bridgehead atoms. The van der Waals surface area contributed by atoms with E-state index in [2.05, 4.69) is 29.0 Å². The van der Waals surface area contributed by atoms with Gasteiger partial charge >= 0.3 is 0 Å². The summed E-state index contributed by atoms with van der Waals surface area (Å²) in [4.78, 5) is 9.00. The summed E-state index contributed by atoms with van der Waals surface area (Å²) in [7, 11) is 0. The van der Waals surface area contributed by atoms with E-state index in [-0.39, 0.29) is 6.04 Å². The third-order valence-electron chi connectivity index (χ3n) is 3.48. The monoisotopic (exact) mass is 263 g/mol. The third kappa shape index (κ3) is 2.53. The van der Waals surface area contributed by atoms with Crippen molar-refractivity contribution >= 4 is 10.9 Å². The SMILES string of the molecule is Cc1cc(C(N)Cc2ccccn2)nc2ccccc12. The number of nitrogens with two attached hydrogens (primary N) is 1. The molecular weight excluding hydrogens is 246 g/mol. The van der Waals surface area contributed by atoms with E-state index in [4.69, 9.17) is 5.73 Å². The van der Waals surface area contributed by atoms with Crippen molar-refractivity contribution in [2.24, 2.45) is 5.73 Å². The Kier molecular flexibility index (Phi) is 3.44. The molecule has 3 aromatic rings. The molecular formula is C17H17N3. The van der Waals surface area contributed by atoms with Gasteiger partial charge in [0, 0.05) is 23.7 Å². The van der Waals surface area contributed by atoms with E-state index in [0.29, 0.717) is 6.42 Å². The number of hydrogen-bond acceptors (Lipinski definition) is 3. The average molecular weight is 263 g/mol. The molecule has 1 atom stereocenters. The van der Waals surface area contributed by atoms with Crippen LogP contribution in [0.3, 0.4) is 0 Å². The van der Waals surface area contributed by atoms with E-state index >= 15 is 0 Å². The Labute approximate surface area is 118 Å². The summed E-state index contributed by atoms with van der Waals surface area (Å²) in [6.45, 7) is 2.10. The van der Waals surface area contributed by atoms with Gasteiger partial charge in [0.2, 0.25) is 0 Å². The Hall–Kier alpha value is -2.26. The number of para-hydroxylation sites is 1. The number of rotatable bonds is 3. The highest BCUT2D eigenvalue weighted by Gasteiger charge is 2.11. The summed E-state index contributed by atoms with van der Waals surface area (Å²) in [6.07, 6.45) is 2.49. The van der Waals surface area contributed by atoms with E-state index in [1.165, 1.54) is 10.9 Å². The fraction of sp³-hybridized carbons (Fsp3) is 0.176. The van der Waals surface area contributed by atoms with Gasteiger partial charge in [-0.1, -0.05) is 24.3 Å². The second-order valence-electron chi connectivity index (χ2n) is 5.01. The zero-order chi connectivity index (χ0) is 13.9. The highest BCUT2D eigenvalue weighted by Crippen LogP contribution is 2.21. The molecule has 0 spiro atoms. The minimum absolute atomic E-state index is 0.131. The minimum Gasteiger partial charge on any atom is -0.322 e. The molecule has 1 unspecified atom stereocenters. The van der Waals surface area contributed by atoms with Gasteiger partial charge in [-0.25, -0.2) is 0 Å². The van der Waals surface area contributed by atoms with Gasteiger partial charge in [0.25, 0.3) is 0 Å². The molecule has 0 aliphatic carbocycles. The zero-order valence-electron chi connectivity index (χ0n) is 11.5. The molecule has 0 radical (unpaired) electrons.